The maximum absolute atomic E-state index is 11.1. The zero-order valence-corrected chi connectivity index (χ0v) is 11.5. The molecule has 1 radical (unpaired) electrons. The van der Waals surface area contributed by atoms with E-state index in [9.17, 15) is 4.79 Å². The fourth-order valence-electron chi connectivity index (χ4n) is 1.08. The van der Waals surface area contributed by atoms with Gasteiger partial charge in [0.2, 0.25) is 12.1 Å². The van der Waals surface area contributed by atoms with E-state index < -0.39 is 12.1 Å². The molecule has 83 valence electrons. The topological polar surface area (TPSA) is 66.8 Å². The van der Waals surface area contributed by atoms with Crippen LogP contribution in [0, 0.1) is 0 Å². The molecule has 0 spiro atoms. The van der Waals surface area contributed by atoms with E-state index in [0.717, 1.165) is 6.42 Å². The Bertz CT molecular complexity index is 321. The fraction of sp³-hybridized carbons (Fsp3) is 0.364. The minimum Gasteiger partial charge on any atom is -0.494 e. The second-order valence-corrected chi connectivity index (χ2v) is 3.11. The number of carbonyl (C=O) groups is 1. The van der Waals surface area contributed by atoms with Crippen LogP contribution in [0.5, 0.6) is 5.75 Å². The van der Waals surface area contributed by atoms with E-state index in [1.54, 1.807) is 12.1 Å². The Balaban J connectivity index is 0.00000225. The number of benzene rings is 1. The number of hydrogen-bond donors (Lipinski definition) is 2. The molecule has 0 bridgehead atoms. The standard InChI is InChI=1S/C11H14O4.Na/c1-2-7-15-9-5-3-8(4-6-9)10(12)11(13)14;/h3-6,11,13-14H,2,7H2,1H3;. The van der Waals surface area contributed by atoms with Gasteiger partial charge in [0.25, 0.3) is 0 Å². The molecule has 4 nitrogen and oxygen atoms in total. The van der Waals surface area contributed by atoms with E-state index >= 15 is 0 Å². The molecular formula is C11H14NaO4. The molecular weight excluding hydrogens is 219 g/mol. The van der Waals surface area contributed by atoms with E-state index in [-0.39, 0.29) is 35.1 Å². The van der Waals surface area contributed by atoms with Crippen LogP contribution in [0.2, 0.25) is 0 Å². The fourth-order valence-corrected chi connectivity index (χ4v) is 1.08. The Morgan fingerprint density at radius 3 is 2.31 bits per heavy atom. The van der Waals surface area contributed by atoms with Crippen molar-refractivity contribution in [2.24, 2.45) is 0 Å². The van der Waals surface area contributed by atoms with Gasteiger partial charge in [0.15, 0.2) is 0 Å². The van der Waals surface area contributed by atoms with Crippen molar-refractivity contribution in [3.05, 3.63) is 29.8 Å². The van der Waals surface area contributed by atoms with Gasteiger partial charge in [-0.3, -0.25) is 4.79 Å². The third-order valence-electron chi connectivity index (χ3n) is 1.85. The summed E-state index contributed by atoms with van der Waals surface area (Å²) in [6.07, 6.45) is -1.04. The van der Waals surface area contributed by atoms with Crippen molar-refractivity contribution in [1.82, 2.24) is 0 Å². The number of aliphatic hydroxyl groups is 2. The quantitative estimate of drug-likeness (QED) is 0.443. The van der Waals surface area contributed by atoms with Crippen LogP contribution in [0.4, 0.5) is 0 Å². The normalized spacial score (nSPS) is 9.75. The number of carbonyl (C=O) groups excluding carboxylic acids is 1. The van der Waals surface area contributed by atoms with Crippen LogP contribution in [-0.4, -0.2) is 58.5 Å². The van der Waals surface area contributed by atoms with Gasteiger partial charge in [-0.2, -0.15) is 0 Å². The average Bonchev–Trinajstić information content (AvgIpc) is 2.26. The molecule has 0 saturated heterocycles. The van der Waals surface area contributed by atoms with Gasteiger partial charge in [0.05, 0.1) is 6.61 Å². The van der Waals surface area contributed by atoms with Crippen molar-refractivity contribution in [2.45, 2.75) is 19.6 Å². The third kappa shape index (κ3) is 4.63. The van der Waals surface area contributed by atoms with Crippen LogP contribution in [0.25, 0.3) is 0 Å². The maximum atomic E-state index is 11.1. The molecule has 1 rings (SSSR count). The van der Waals surface area contributed by atoms with Gasteiger partial charge in [-0.25, -0.2) is 0 Å². The average molecular weight is 233 g/mol. The van der Waals surface area contributed by atoms with Crippen molar-refractivity contribution >= 4 is 35.3 Å². The minimum absolute atomic E-state index is 0. The molecule has 0 unspecified atom stereocenters. The van der Waals surface area contributed by atoms with Gasteiger partial charge >= 0.3 is 0 Å². The summed E-state index contributed by atoms with van der Waals surface area (Å²) in [5.41, 5.74) is 0.258. The maximum Gasteiger partial charge on any atom is 0.218 e. The van der Waals surface area contributed by atoms with Crippen LogP contribution in [0.1, 0.15) is 23.7 Å². The van der Waals surface area contributed by atoms with E-state index in [0.29, 0.717) is 12.4 Å². The van der Waals surface area contributed by atoms with Crippen LogP contribution in [0.3, 0.4) is 0 Å². The molecule has 0 heterocycles. The van der Waals surface area contributed by atoms with Crippen molar-refractivity contribution in [2.75, 3.05) is 6.61 Å². The summed E-state index contributed by atoms with van der Waals surface area (Å²) in [6.45, 7) is 2.62. The van der Waals surface area contributed by atoms with Crippen molar-refractivity contribution in [3.8, 4) is 5.75 Å². The molecule has 0 aliphatic heterocycles. The van der Waals surface area contributed by atoms with Gasteiger partial charge in [0, 0.05) is 35.1 Å². The third-order valence-corrected chi connectivity index (χ3v) is 1.85. The molecule has 0 aliphatic carbocycles. The first-order chi connectivity index (χ1) is 7.15. The molecule has 1 aromatic rings. The van der Waals surface area contributed by atoms with E-state index in [1.165, 1.54) is 12.1 Å². The van der Waals surface area contributed by atoms with Crippen LogP contribution in [-0.2, 0) is 0 Å². The van der Waals surface area contributed by atoms with Crippen molar-refractivity contribution in [1.29, 1.82) is 0 Å². The molecule has 2 N–H and O–H groups in total. The second kappa shape index (κ2) is 7.81. The Morgan fingerprint density at radius 2 is 1.88 bits per heavy atom. The number of Topliss-reactive ketones (excluding diaryl/α,β-unsaturated/α-hetero) is 1. The summed E-state index contributed by atoms with van der Waals surface area (Å²) in [6, 6.07) is 6.27. The molecule has 1 aromatic carbocycles. The monoisotopic (exact) mass is 233 g/mol. The Morgan fingerprint density at radius 1 is 1.31 bits per heavy atom. The van der Waals surface area contributed by atoms with Gasteiger partial charge in [-0.1, -0.05) is 6.92 Å². The summed E-state index contributed by atoms with van der Waals surface area (Å²) in [5.74, 6) is -0.0436. The summed E-state index contributed by atoms with van der Waals surface area (Å²) in [5, 5.41) is 17.3. The molecule has 5 heteroatoms. The van der Waals surface area contributed by atoms with Crippen molar-refractivity contribution < 1.29 is 19.7 Å². The number of aliphatic hydroxyl groups excluding tert-OH is 1. The molecule has 16 heavy (non-hydrogen) atoms. The van der Waals surface area contributed by atoms with Crippen LogP contribution in [0.15, 0.2) is 24.3 Å². The first-order valence-electron chi connectivity index (χ1n) is 4.78. The predicted molar refractivity (Wildman–Crippen MR) is 60.5 cm³/mol. The molecule has 0 amide bonds. The van der Waals surface area contributed by atoms with E-state index in [1.807, 2.05) is 6.92 Å². The predicted octanol–water partition coefficient (Wildman–Crippen LogP) is 0.588. The summed E-state index contributed by atoms with van der Waals surface area (Å²) < 4.78 is 5.31. The van der Waals surface area contributed by atoms with Gasteiger partial charge < -0.3 is 14.9 Å². The smallest absolute Gasteiger partial charge is 0.218 e. The van der Waals surface area contributed by atoms with Gasteiger partial charge in [0.1, 0.15) is 5.75 Å². The second-order valence-electron chi connectivity index (χ2n) is 3.11. The van der Waals surface area contributed by atoms with Crippen molar-refractivity contribution in [3.63, 3.8) is 0 Å². The molecule has 0 saturated carbocycles. The number of rotatable bonds is 5. The Labute approximate surface area is 117 Å². The molecule has 0 fully saturated rings. The number of ketones is 1. The number of ether oxygens (including phenoxy) is 1. The van der Waals surface area contributed by atoms with Crippen LogP contribution < -0.4 is 4.74 Å². The molecule has 0 aromatic heterocycles. The van der Waals surface area contributed by atoms with E-state index in [2.05, 4.69) is 0 Å². The van der Waals surface area contributed by atoms with E-state index in [4.69, 9.17) is 14.9 Å². The summed E-state index contributed by atoms with van der Waals surface area (Å²) >= 11 is 0. The Hall–Kier alpha value is -0.390. The molecule has 0 aliphatic rings. The Kier molecular flexibility index (Phi) is 7.62. The van der Waals surface area contributed by atoms with Gasteiger partial charge in [-0.05, 0) is 30.7 Å². The van der Waals surface area contributed by atoms with Gasteiger partial charge in [-0.15, -0.1) is 0 Å². The number of hydrogen-bond acceptors (Lipinski definition) is 4. The molecule has 0 atom stereocenters. The van der Waals surface area contributed by atoms with Crippen LogP contribution >= 0.6 is 0 Å². The first kappa shape index (κ1) is 15.6. The SMILES string of the molecule is CCCOc1ccc(C(=O)C(O)O)cc1.[Na]. The first-order valence-corrected chi connectivity index (χ1v) is 4.78. The zero-order chi connectivity index (χ0) is 11.3. The summed E-state index contributed by atoms with van der Waals surface area (Å²) in [7, 11) is 0. The zero-order valence-electron chi connectivity index (χ0n) is 9.51. The largest absolute Gasteiger partial charge is 0.494 e. The summed E-state index contributed by atoms with van der Waals surface area (Å²) in [4.78, 5) is 11.1. The minimum atomic E-state index is -1.95.